The Morgan fingerprint density at radius 1 is 1.18 bits per heavy atom. The van der Waals surface area contributed by atoms with Gasteiger partial charge in [0.25, 0.3) is 0 Å². The van der Waals surface area contributed by atoms with E-state index in [1.807, 2.05) is 0 Å². The van der Waals surface area contributed by atoms with E-state index >= 15 is 8.78 Å². The second kappa shape index (κ2) is 11.7. The van der Waals surface area contributed by atoms with Gasteiger partial charge in [-0.15, -0.1) is 0 Å². The number of nitrogen functional groups attached to an aromatic ring is 1. The van der Waals surface area contributed by atoms with Crippen LogP contribution in [0.3, 0.4) is 0 Å². The van der Waals surface area contributed by atoms with Gasteiger partial charge in [-0.1, -0.05) is 6.58 Å². The monoisotopic (exact) mass is 623 g/mol. The molecule has 1 aromatic carbocycles. The first-order chi connectivity index (χ1) is 20.7. The summed E-state index contributed by atoms with van der Waals surface area (Å²) in [6.07, 6.45) is -4.68. The fraction of sp³-hybridized carbons (Fsp3) is 0.448. The van der Waals surface area contributed by atoms with Crippen molar-refractivity contribution in [2.45, 2.75) is 44.7 Å². The van der Waals surface area contributed by atoms with Gasteiger partial charge in [0, 0.05) is 43.6 Å². The lowest BCUT2D eigenvalue weighted by Gasteiger charge is -2.40. The second-order valence-corrected chi connectivity index (χ2v) is 11.1. The number of hydrogen-bond acceptors (Lipinski definition) is 8. The van der Waals surface area contributed by atoms with Crippen molar-refractivity contribution in [1.29, 1.82) is 0 Å². The molecule has 1 unspecified atom stereocenters. The highest BCUT2D eigenvalue weighted by Gasteiger charge is 2.39. The predicted octanol–water partition coefficient (Wildman–Crippen LogP) is 4.52. The van der Waals surface area contributed by atoms with Crippen LogP contribution in [0.1, 0.15) is 24.5 Å². The van der Waals surface area contributed by atoms with Gasteiger partial charge in [0.15, 0.2) is 5.82 Å². The average Bonchev–Trinajstić information content (AvgIpc) is 3.26. The molecule has 0 spiro atoms. The standard InChI is InChI=1S/C29H31F6N7O2/c1-5-21(43)41-6-7-42(15(3)11-41)27-18-10-19(31)22(26-23(29(33,34)35)14(2)8-20(36)37-26)24(32)25(18)38-28(39-27)44-13-17-9-16(30)12-40(17)4/h5,8,10,15-17H,1,6-7,9,11-13H2,2-4H3,(H2,36,37)/t15?,16-,17+/m1/s1. The summed E-state index contributed by atoms with van der Waals surface area (Å²) in [5.41, 5.74) is 1.44. The van der Waals surface area contributed by atoms with E-state index in [0.29, 0.717) is 0 Å². The lowest BCUT2D eigenvalue weighted by Crippen LogP contribution is -2.53. The SMILES string of the molecule is C=CC(=O)N1CCN(c2nc(OC[C@@H]3C[C@@H](F)CN3C)nc3c(F)c(-c4nc(N)cc(C)c4C(F)(F)F)c(F)cc23)C(C)C1. The molecular formula is C29H31F6N7O2. The highest BCUT2D eigenvalue weighted by Crippen LogP contribution is 2.43. The first kappa shape index (κ1) is 31.3. The molecular weight excluding hydrogens is 592 g/mol. The van der Waals surface area contributed by atoms with Gasteiger partial charge in [0.1, 0.15) is 35.7 Å². The quantitative estimate of drug-likeness (QED) is 0.316. The number of likely N-dealkylation sites (tertiary alicyclic amines) is 1. The van der Waals surface area contributed by atoms with E-state index in [0.717, 1.165) is 19.1 Å². The molecule has 236 valence electrons. The van der Waals surface area contributed by atoms with Crippen LogP contribution in [0.15, 0.2) is 24.8 Å². The van der Waals surface area contributed by atoms with Crippen LogP contribution in [0.4, 0.5) is 38.0 Å². The smallest absolute Gasteiger partial charge is 0.418 e. The highest BCUT2D eigenvalue weighted by molar-refractivity contribution is 5.94. The minimum atomic E-state index is -5.00. The van der Waals surface area contributed by atoms with E-state index < -0.39 is 52.4 Å². The summed E-state index contributed by atoms with van der Waals surface area (Å²) in [5, 5.41) is -0.123. The van der Waals surface area contributed by atoms with Crippen molar-refractivity contribution in [3.05, 3.63) is 47.5 Å². The lowest BCUT2D eigenvalue weighted by molar-refractivity contribution is -0.137. The van der Waals surface area contributed by atoms with Crippen molar-refractivity contribution < 1.29 is 35.9 Å². The fourth-order valence-electron chi connectivity index (χ4n) is 5.88. The number of benzene rings is 1. The Labute approximate surface area is 249 Å². The van der Waals surface area contributed by atoms with Gasteiger partial charge in [0.05, 0.1) is 16.8 Å². The first-order valence-electron chi connectivity index (χ1n) is 13.9. The number of rotatable bonds is 6. The normalized spacial score (nSPS) is 21.2. The van der Waals surface area contributed by atoms with Crippen LogP contribution in [-0.2, 0) is 11.0 Å². The van der Waals surface area contributed by atoms with Crippen LogP contribution in [0.5, 0.6) is 6.01 Å². The maximum absolute atomic E-state index is 16.4. The number of pyridine rings is 1. The second-order valence-electron chi connectivity index (χ2n) is 11.1. The molecule has 9 nitrogen and oxygen atoms in total. The van der Waals surface area contributed by atoms with Gasteiger partial charge < -0.3 is 20.3 Å². The van der Waals surface area contributed by atoms with E-state index in [1.165, 1.54) is 6.08 Å². The summed E-state index contributed by atoms with van der Waals surface area (Å²) in [6, 6.07) is 0.773. The number of halogens is 6. The third-order valence-electron chi connectivity index (χ3n) is 8.03. The molecule has 2 aliphatic heterocycles. The topological polar surface area (TPSA) is 101 Å². The number of likely N-dealkylation sites (N-methyl/N-ethyl adjacent to an activating group) is 1. The van der Waals surface area contributed by atoms with Gasteiger partial charge in [-0.05, 0) is 51.1 Å². The molecule has 0 radical (unpaired) electrons. The van der Waals surface area contributed by atoms with E-state index in [1.54, 1.807) is 28.7 Å². The van der Waals surface area contributed by atoms with E-state index in [4.69, 9.17) is 10.5 Å². The van der Waals surface area contributed by atoms with Crippen molar-refractivity contribution in [1.82, 2.24) is 24.8 Å². The number of fused-ring (bicyclic) bond motifs is 1. The zero-order valence-electron chi connectivity index (χ0n) is 24.3. The molecule has 5 rings (SSSR count). The number of aromatic nitrogens is 3. The number of anilines is 2. The Kier molecular flexibility index (Phi) is 8.35. The molecule has 44 heavy (non-hydrogen) atoms. The molecule has 2 saturated heterocycles. The number of nitrogens with two attached hydrogens (primary N) is 1. The molecule has 3 atom stereocenters. The summed E-state index contributed by atoms with van der Waals surface area (Å²) in [5.74, 6) is -3.32. The van der Waals surface area contributed by atoms with Gasteiger partial charge >= 0.3 is 12.2 Å². The highest BCUT2D eigenvalue weighted by atomic mass is 19.4. The van der Waals surface area contributed by atoms with Crippen LogP contribution >= 0.6 is 0 Å². The Balaban J connectivity index is 1.67. The number of nitrogens with zero attached hydrogens (tertiary/aromatic N) is 6. The van der Waals surface area contributed by atoms with Crippen molar-refractivity contribution in [2.24, 2.45) is 0 Å². The summed E-state index contributed by atoms with van der Waals surface area (Å²) >= 11 is 0. The number of amides is 1. The maximum Gasteiger partial charge on any atom is 0.418 e. The Bertz CT molecular complexity index is 1620. The zero-order chi connectivity index (χ0) is 32.1. The summed E-state index contributed by atoms with van der Waals surface area (Å²) in [6.45, 7) is 7.24. The van der Waals surface area contributed by atoms with Gasteiger partial charge in [0.2, 0.25) is 5.91 Å². The molecule has 0 aliphatic carbocycles. The van der Waals surface area contributed by atoms with Gasteiger partial charge in [-0.25, -0.2) is 18.2 Å². The first-order valence-corrected chi connectivity index (χ1v) is 13.9. The fourth-order valence-corrected chi connectivity index (χ4v) is 5.88. The Morgan fingerprint density at radius 2 is 1.91 bits per heavy atom. The molecule has 2 aromatic heterocycles. The summed E-state index contributed by atoms with van der Waals surface area (Å²) in [7, 11) is 1.72. The molecule has 0 saturated carbocycles. The van der Waals surface area contributed by atoms with Crippen molar-refractivity contribution >= 4 is 28.4 Å². The number of hydrogen-bond donors (Lipinski definition) is 1. The van der Waals surface area contributed by atoms with Gasteiger partial charge in [-0.2, -0.15) is 23.1 Å². The largest absolute Gasteiger partial charge is 0.462 e. The lowest BCUT2D eigenvalue weighted by atomic mass is 9.98. The number of alkyl halides is 4. The Hall–Kier alpha value is -4.14. The van der Waals surface area contributed by atoms with Crippen LogP contribution in [-0.4, -0.2) is 88.7 Å². The third-order valence-corrected chi connectivity index (χ3v) is 8.03. The maximum atomic E-state index is 16.4. The number of carbonyl (C=O) groups is 1. The number of aryl methyl sites for hydroxylation is 1. The molecule has 0 bridgehead atoms. The number of carbonyl (C=O) groups excluding carboxylic acids is 1. The molecule has 4 heterocycles. The molecule has 2 fully saturated rings. The zero-order valence-corrected chi connectivity index (χ0v) is 24.3. The number of piperazine rings is 1. The minimum absolute atomic E-state index is 0.0527. The molecule has 3 aromatic rings. The predicted molar refractivity (Wildman–Crippen MR) is 152 cm³/mol. The van der Waals surface area contributed by atoms with E-state index in [-0.39, 0.29) is 79.8 Å². The molecule has 15 heteroatoms. The third kappa shape index (κ3) is 5.84. The van der Waals surface area contributed by atoms with Crippen molar-refractivity contribution in [3.8, 4) is 17.3 Å². The van der Waals surface area contributed by atoms with Crippen LogP contribution in [0, 0.1) is 18.6 Å². The van der Waals surface area contributed by atoms with Crippen LogP contribution in [0.2, 0.25) is 0 Å². The minimum Gasteiger partial charge on any atom is -0.462 e. The average molecular weight is 624 g/mol. The molecule has 1 amide bonds. The molecule has 2 N–H and O–H groups in total. The molecule has 2 aliphatic rings. The van der Waals surface area contributed by atoms with Gasteiger partial charge in [-0.3, -0.25) is 9.69 Å². The van der Waals surface area contributed by atoms with Crippen LogP contribution < -0.4 is 15.4 Å². The van der Waals surface area contributed by atoms with E-state index in [2.05, 4.69) is 21.5 Å². The Morgan fingerprint density at radius 3 is 2.52 bits per heavy atom. The van der Waals surface area contributed by atoms with Crippen molar-refractivity contribution in [3.63, 3.8) is 0 Å². The van der Waals surface area contributed by atoms with Crippen LogP contribution in [0.25, 0.3) is 22.2 Å². The summed E-state index contributed by atoms with van der Waals surface area (Å²) in [4.78, 5) is 29.5. The van der Waals surface area contributed by atoms with E-state index in [9.17, 15) is 22.4 Å². The summed E-state index contributed by atoms with van der Waals surface area (Å²) < 4.78 is 94.2. The van der Waals surface area contributed by atoms with Crippen molar-refractivity contribution in [2.75, 3.05) is 50.5 Å². The number of ether oxygens (including phenoxy) is 1.